The summed E-state index contributed by atoms with van der Waals surface area (Å²) in [6.45, 7) is 9.05. The monoisotopic (exact) mass is 1120 g/mol. The molecule has 5 unspecified atom stereocenters. The lowest BCUT2D eigenvalue weighted by atomic mass is 10.0. The zero-order valence-electron chi connectivity index (χ0n) is 47.1. The van der Waals surface area contributed by atoms with E-state index < -0.39 is 60.1 Å². The number of Topliss-reactive ketones (excluding diaryl/α,β-unsaturated/α-hetero) is 1. The van der Waals surface area contributed by atoms with Crippen LogP contribution in [-0.2, 0) is 75.5 Å². The molecule has 0 aliphatic carbocycles. The van der Waals surface area contributed by atoms with Crippen molar-refractivity contribution < 1.29 is 59.0 Å². The largest absolute Gasteiger partial charge is 0.494 e. The van der Waals surface area contributed by atoms with Gasteiger partial charge in [0.05, 0.1) is 6.61 Å². The van der Waals surface area contributed by atoms with Crippen LogP contribution in [0, 0.1) is 10.8 Å². The lowest BCUT2D eigenvalue weighted by Crippen LogP contribution is -2.32. The molecule has 0 bridgehead atoms. The van der Waals surface area contributed by atoms with Crippen molar-refractivity contribution in [3.63, 3.8) is 0 Å². The van der Waals surface area contributed by atoms with E-state index in [4.69, 9.17) is 69.8 Å². The average Bonchev–Trinajstić information content (AvgIpc) is 3.43. The smallest absolute Gasteiger partial charge is 0.320 e. The van der Waals surface area contributed by atoms with Crippen molar-refractivity contribution in [2.24, 2.45) is 28.7 Å². The summed E-state index contributed by atoms with van der Waals surface area (Å²) in [6.07, 6.45) is 6.22. The van der Waals surface area contributed by atoms with Crippen LogP contribution in [0.4, 0.5) is 0 Å². The topological polar surface area (TPSA) is 403 Å². The van der Waals surface area contributed by atoms with Crippen LogP contribution in [0.3, 0.4) is 0 Å². The molecule has 5 aromatic carbocycles. The maximum Gasteiger partial charge on any atom is 0.320 e. The van der Waals surface area contributed by atoms with Crippen molar-refractivity contribution >= 4 is 47.1 Å². The van der Waals surface area contributed by atoms with Crippen LogP contribution in [0.25, 0.3) is 0 Å². The van der Waals surface area contributed by atoms with Crippen molar-refractivity contribution in [2.75, 3.05) is 13.7 Å². The predicted octanol–water partition coefficient (Wildman–Crippen LogP) is 6.25. The zero-order chi connectivity index (χ0) is 61.0. The highest BCUT2D eigenvalue weighted by Crippen LogP contribution is 2.15. The second-order valence-electron chi connectivity index (χ2n) is 19.3. The first kappa shape index (κ1) is 71.0. The summed E-state index contributed by atoms with van der Waals surface area (Å²) < 4.78 is 5.42. The number of hydrogen-bond donors (Lipinski definition) is 13. The Morgan fingerprint density at radius 3 is 1.05 bits per heavy atom. The van der Waals surface area contributed by atoms with Gasteiger partial charge in [0.1, 0.15) is 36.0 Å². The van der Waals surface area contributed by atoms with Gasteiger partial charge in [0.2, 0.25) is 0 Å². The van der Waals surface area contributed by atoms with Gasteiger partial charge in [0, 0.05) is 36.4 Å². The number of aryl methyl sites for hydroxylation is 1. The van der Waals surface area contributed by atoms with Crippen LogP contribution in [-0.4, -0.2) is 116 Å². The Balaban J connectivity index is 0.000000507. The molecule has 0 aliphatic rings. The van der Waals surface area contributed by atoms with Gasteiger partial charge >= 0.3 is 29.8 Å². The Morgan fingerprint density at radius 1 is 0.444 bits per heavy atom. The van der Waals surface area contributed by atoms with Gasteiger partial charge in [-0.25, -0.2) is 0 Å². The van der Waals surface area contributed by atoms with E-state index in [1.165, 1.54) is 5.56 Å². The number of carbonyl (C=O) groups is 6. The molecule has 0 aromatic heterocycles. The van der Waals surface area contributed by atoms with Gasteiger partial charge in [-0.1, -0.05) is 123 Å². The minimum atomic E-state index is -1.02. The third kappa shape index (κ3) is 32.0. The SMILES string of the molecule is CC(=N)CCc1ccc(CC(N)C(=O)O)cc1.CC(=N)Cc1ccc(CC(N)C(=O)O)cc1.CCCC(=O)c1ccc(CC(N)C(=O)O)cc1.CCCOc1ccc(CC(N)C(=O)O)cc1.CNCc1ccc(CC(N)C(=O)O)cc1. The molecule has 0 saturated heterocycles. The molecule has 81 heavy (non-hydrogen) atoms. The van der Waals surface area contributed by atoms with Crippen molar-refractivity contribution in [3.05, 3.63) is 171 Å². The van der Waals surface area contributed by atoms with Gasteiger partial charge in [0.15, 0.2) is 5.78 Å². The number of ketones is 1. The van der Waals surface area contributed by atoms with Crippen molar-refractivity contribution in [2.45, 2.75) is 135 Å². The molecule has 20 heteroatoms. The maximum atomic E-state index is 11.6. The molecular formula is C61H84N8O12. The molecular weight excluding hydrogens is 1040 g/mol. The Morgan fingerprint density at radius 2 is 0.753 bits per heavy atom. The summed E-state index contributed by atoms with van der Waals surface area (Å²) in [4.78, 5) is 64.4. The Kier molecular flexibility index (Phi) is 34.6. The van der Waals surface area contributed by atoms with Crippen molar-refractivity contribution in [3.8, 4) is 5.75 Å². The number of rotatable bonds is 28. The van der Waals surface area contributed by atoms with Crippen molar-refractivity contribution in [1.82, 2.24) is 5.32 Å². The highest BCUT2D eigenvalue weighted by atomic mass is 16.5. The summed E-state index contributed by atoms with van der Waals surface area (Å²) >= 11 is 0. The molecule has 5 atom stereocenters. The second kappa shape index (κ2) is 39.4. The first-order valence-corrected chi connectivity index (χ1v) is 26.5. The summed E-state index contributed by atoms with van der Waals surface area (Å²) in [7, 11) is 1.88. The Bertz CT molecular complexity index is 2700. The average molecular weight is 1120 g/mol. The number of benzene rings is 5. The summed E-state index contributed by atoms with van der Waals surface area (Å²) in [6, 6.07) is 33.1. The number of carbonyl (C=O) groups excluding carboxylic acids is 1. The zero-order valence-corrected chi connectivity index (χ0v) is 47.1. The maximum absolute atomic E-state index is 11.6. The van der Waals surface area contributed by atoms with E-state index in [1.807, 2.05) is 118 Å². The van der Waals surface area contributed by atoms with Crippen LogP contribution in [0.2, 0.25) is 0 Å². The first-order valence-electron chi connectivity index (χ1n) is 26.5. The van der Waals surface area contributed by atoms with E-state index in [-0.39, 0.29) is 12.2 Å². The Labute approximate surface area is 475 Å². The van der Waals surface area contributed by atoms with Crippen LogP contribution >= 0.6 is 0 Å². The summed E-state index contributed by atoms with van der Waals surface area (Å²) in [5, 5.41) is 61.1. The van der Waals surface area contributed by atoms with Crippen LogP contribution < -0.4 is 38.7 Å². The predicted molar refractivity (Wildman–Crippen MR) is 315 cm³/mol. The number of carboxylic acids is 5. The standard InChI is InChI=1S/C13H18N2O2.C13H17NO3.C12H16N2O2.C12H17NO3.C11H16N2O2/c1-9(14)2-3-10-4-6-11(7-5-10)8-12(15)13(16)17;1-2-3-12(15)10-6-4-9(5-7-10)8-11(14)13(16)17;1-8(13)6-9-2-4-10(5-3-9)7-11(14)12(15)16;1-2-7-16-10-5-3-9(4-6-10)8-11(13)12(14)15;1-13-7-9-4-2-8(3-5-9)6-10(12)11(14)15/h4-7,12,14H,2-3,8,15H2,1H3,(H,16,17);4-7,11H,2-3,8,14H2,1H3,(H,16,17);2-5,11,13H,6-7,14H2,1H3,(H,15,16);3-6,11H,2,7-8,13H2,1H3,(H,14,15);2-5,10,13H,6-7,12H2,1H3,(H,14,15). The van der Waals surface area contributed by atoms with Crippen LogP contribution in [0.1, 0.15) is 108 Å². The van der Waals surface area contributed by atoms with Gasteiger partial charge < -0.3 is 75.1 Å². The quantitative estimate of drug-likeness (QED) is 0.0194. The first-order chi connectivity index (χ1) is 38.3. The summed E-state index contributed by atoms with van der Waals surface area (Å²) in [5.41, 5.74) is 37.0. The number of carboxylic acid groups (broad SMARTS) is 5. The van der Waals surface area contributed by atoms with E-state index in [1.54, 1.807) is 38.1 Å². The molecule has 5 aromatic rings. The minimum absolute atomic E-state index is 0.113. The fraction of sp³-hybridized carbons (Fsp3) is 0.377. The van der Waals surface area contributed by atoms with Gasteiger partial charge in [-0.3, -0.25) is 28.8 Å². The molecule has 5 rings (SSSR count). The fourth-order valence-corrected chi connectivity index (χ4v) is 7.12. The van der Waals surface area contributed by atoms with Gasteiger partial charge in [-0.15, -0.1) is 0 Å². The Hall–Kier alpha value is -7.98. The van der Waals surface area contributed by atoms with Crippen LogP contribution in [0.15, 0.2) is 121 Å². The molecule has 0 aliphatic heterocycles. The molecule has 18 N–H and O–H groups in total. The van der Waals surface area contributed by atoms with Gasteiger partial charge in [-0.05, 0) is 135 Å². The second-order valence-corrected chi connectivity index (χ2v) is 19.3. The lowest BCUT2D eigenvalue weighted by molar-refractivity contribution is -0.139. The third-order valence-corrected chi connectivity index (χ3v) is 11.7. The highest BCUT2D eigenvalue weighted by molar-refractivity contribution is 5.96. The van der Waals surface area contributed by atoms with E-state index in [0.29, 0.717) is 62.1 Å². The molecule has 0 spiro atoms. The summed E-state index contributed by atoms with van der Waals surface area (Å²) in [5.74, 6) is -4.01. The van der Waals surface area contributed by atoms with Gasteiger partial charge in [0.25, 0.3) is 0 Å². The molecule has 440 valence electrons. The molecule has 0 fully saturated rings. The van der Waals surface area contributed by atoms with E-state index in [2.05, 4.69) is 5.32 Å². The van der Waals surface area contributed by atoms with Gasteiger partial charge in [-0.2, -0.15) is 0 Å². The third-order valence-electron chi connectivity index (χ3n) is 11.7. The van der Waals surface area contributed by atoms with Crippen LogP contribution in [0.5, 0.6) is 5.75 Å². The van der Waals surface area contributed by atoms with Crippen molar-refractivity contribution in [1.29, 1.82) is 10.8 Å². The number of ether oxygens (including phenoxy) is 1. The molecule has 0 radical (unpaired) electrons. The highest BCUT2D eigenvalue weighted by Gasteiger charge is 2.16. The minimum Gasteiger partial charge on any atom is -0.494 e. The molecule has 20 nitrogen and oxygen atoms in total. The van der Waals surface area contributed by atoms with E-state index >= 15 is 0 Å². The normalized spacial score (nSPS) is 12.2. The van der Waals surface area contributed by atoms with E-state index in [9.17, 15) is 28.8 Å². The molecule has 0 amide bonds. The number of hydrogen-bond acceptors (Lipinski definition) is 15. The molecule has 0 heterocycles. The van der Waals surface area contributed by atoms with E-state index in [0.717, 1.165) is 76.9 Å². The molecule has 0 saturated carbocycles. The number of nitrogens with one attached hydrogen (secondary N) is 3. The number of aliphatic carboxylic acids is 5. The number of nitrogens with two attached hydrogens (primary N) is 5. The fourth-order valence-electron chi connectivity index (χ4n) is 7.12. The lowest BCUT2D eigenvalue weighted by Gasteiger charge is -2.08.